The minimum Gasteiger partial charge on any atom is -0.301 e. The summed E-state index contributed by atoms with van der Waals surface area (Å²) >= 11 is 0. The minimum atomic E-state index is -2.79. The Hall–Kier alpha value is -1.25. The van der Waals surface area contributed by atoms with E-state index < -0.39 is 5.92 Å². The Balaban J connectivity index is 3.08. The lowest BCUT2D eigenvalue weighted by molar-refractivity contribution is 0.0163. The third kappa shape index (κ3) is 4.21. The highest BCUT2D eigenvalue weighted by Crippen LogP contribution is 2.32. The molecule has 0 amide bonds. The summed E-state index contributed by atoms with van der Waals surface area (Å²) in [6.07, 6.45) is 1.34. The number of hydrogen-bond donors (Lipinski definition) is 0. The van der Waals surface area contributed by atoms with Gasteiger partial charge >= 0.3 is 0 Å². The zero-order valence-electron chi connectivity index (χ0n) is 11.3. The van der Waals surface area contributed by atoms with Crippen LogP contribution in [0.1, 0.15) is 37.5 Å². The average Bonchev–Trinajstić information content (AvgIpc) is 2.25. The van der Waals surface area contributed by atoms with E-state index in [1.807, 2.05) is 26.0 Å². The van der Waals surface area contributed by atoms with Crippen LogP contribution in [-0.4, -0.2) is 13.3 Å². The lowest BCUT2D eigenvalue weighted by Gasteiger charge is -2.18. The van der Waals surface area contributed by atoms with Crippen LogP contribution in [0.2, 0.25) is 0 Å². The van der Waals surface area contributed by atoms with E-state index in [-0.39, 0.29) is 5.56 Å². The van der Waals surface area contributed by atoms with Gasteiger partial charge < -0.3 is 4.99 Å². The maximum Gasteiger partial charge on any atom is 0.270 e. The normalized spacial score (nSPS) is 11.9. The first-order valence-electron chi connectivity index (χ1n) is 6.27. The summed E-state index contributed by atoms with van der Waals surface area (Å²) in [6.45, 7) is 9.00. The molecule has 0 atom stereocenters. The largest absolute Gasteiger partial charge is 0.301 e. The van der Waals surface area contributed by atoms with Crippen LogP contribution in [0, 0.1) is 5.92 Å². The van der Waals surface area contributed by atoms with Crippen molar-refractivity contribution >= 4 is 6.72 Å². The third-order valence-electron chi connectivity index (χ3n) is 2.83. The summed E-state index contributed by atoms with van der Waals surface area (Å²) in [6, 6.07) is 5.35. The molecule has 0 bridgehead atoms. The van der Waals surface area contributed by atoms with Gasteiger partial charge in [0.25, 0.3) is 5.92 Å². The van der Waals surface area contributed by atoms with Crippen molar-refractivity contribution in [1.29, 1.82) is 0 Å². The molecule has 18 heavy (non-hydrogen) atoms. The first-order valence-corrected chi connectivity index (χ1v) is 6.27. The van der Waals surface area contributed by atoms with E-state index in [1.54, 1.807) is 6.07 Å². The van der Waals surface area contributed by atoms with Crippen molar-refractivity contribution in [2.24, 2.45) is 10.9 Å². The molecule has 0 aliphatic heterocycles. The summed E-state index contributed by atoms with van der Waals surface area (Å²) in [5.74, 6) is -2.42. The smallest absolute Gasteiger partial charge is 0.270 e. The van der Waals surface area contributed by atoms with E-state index in [1.165, 1.54) is 0 Å². The molecule has 0 saturated carbocycles. The van der Waals surface area contributed by atoms with Crippen molar-refractivity contribution in [2.45, 2.75) is 39.5 Å². The molecular weight excluding hydrogens is 232 g/mol. The van der Waals surface area contributed by atoms with Crippen LogP contribution in [-0.2, 0) is 18.8 Å². The van der Waals surface area contributed by atoms with Gasteiger partial charge in [0.1, 0.15) is 0 Å². The van der Waals surface area contributed by atoms with Crippen LogP contribution >= 0.6 is 0 Å². The second-order valence-electron chi connectivity index (χ2n) is 5.18. The van der Waals surface area contributed by atoms with Gasteiger partial charge in [-0.05, 0) is 42.7 Å². The van der Waals surface area contributed by atoms with Gasteiger partial charge in [-0.3, -0.25) is 0 Å². The monoisotopic (exact) mass is 253 g/mol. The Kier molecular flexibility index (Phi) is 5.00. The predicted octanol–water partition coefficient (Wildman–Crippen LogP) is 4.24. The highest BCUT2D eigenvalue weighted by molar-refractivity contribution is 5.35. The Morgan fingerprint density at radius 2 is 2.00 bits per heavy atom. The lowest BCUT2D eigenvalue weighted by Crippen LogP contribution is -2.13. The molecule has 0 aliphatic rings. The fraction of sp³-hybridized carbons (Fsp3) is 0.533. The molecule has 1 aromatic rings. The van der Waals surface area contributed by atoms with Crippen molar-refractivity contribution in [3.8, 4) is 0 Å². The molecule has 0 saturated heterocycles. The van der Waals surface area contributed by atoms with Crippen molar-refractivity contribution < 1.29 is 8.78 Å². The molecule has 1 rings (SSSR count). The number of hydrogen-bond acceptors (Lipinski definition) is 1. The van der Waals surface area contributed by atoms with Crippen LogP contribution in [0.4, 0.5) is 8.78 Å². The standard InChI is InChI=1S/C15H21F2N/c1-11(2)9-13-6-5-12(7-8-18-4)10-14(13)15(3,16)17/h5-6,10-11H,4,7-9H2,1-3H3. The number of alkyl halides is 2. The van der Waals surface area contributed by atoms with Gasteiger partial charge in [-0.15, -0.1) is 0 Å². The van der Waals surface area contributed by atoms with Crippen molar-refractivity contribution in [1.82, 2.24) is 0 Å². The van der Waals surface area contributed by atoms with Crippen LogP contribution < -0.4 is 0 Å². The molecule has 0 N–H and O–H groups in total. The molecule has 0 unspecified atom stereocenters. The quantitative estimate of drug-likeness (QED) is 0.672. The summed E-state index contributed by atoms with van der Waals surface area (Å²) in [7, 11) is 0. The Bertz CT molecular complexity index is 405. The summed E-state index contributed by atoms with van der Waals surface area (Å²) in [4.78, 5) is 3.76. The van der Waals surface area contributed by atoms with Crippen LogP contribution in [0.3, 0.4) is 0 Å². The van der Waals surface area contributed by atoms with Gasteiger partial charge in [0.05, 0.1) is 0 Å². The Labute approximate surface area is 108 Å². The minimum absolute atomic E-state index is 0.151. The second-order valence-corrected chi connectivity index (χ2v) is 5.18. The van der Waals surface area contributed by atoms with Crippen LogP contribution in [0.25, 0.3) is 0 Å². The van der Waals surface area contributed by atoms with Gasteiger partial charge in [0.15, 0.2) is 0 Å². The molecule has 1 nitrogen and oxygen atoms in total. The molecule has 0 radical (unpaired) electrons. The maximum absolute atomic E-state index is 13.6. The van der Waals surface area contributed by atoms with Gasteiger partial charge in [-0.1, -0.05) is 26.0 Å². The molecule has 3 heteroatoms. The fourth-order valence-electron chi connectivity index (χ4n) is 2.01. The predicted molar refractivity (Wildman–Crippen MR) is 72.7 cm³/mol. The Morgan fingerprint density at radius 3 is 2.50 bits per heavy atom. The second kappa shape index (κ2) is 6.07. The first kappa shape index (κ1) is 14.8. The number of aliphatic imine (C=N–C) groups is 1. The van der Waals surface area contributed by atoms with Gasteiger partial charge in [-0.25, -0.2) is 8.78 Å². The van der Waals surface area contributed by atoms with E-state index in [0.717, 1.165) is 18.1 Å². The molecular formula is C15H21F2N. The molecule has 100 valence electrons. The number of nitrogens with zero attached hydrogens (tertiary/aromatic N) is 1. The average molecular weight is 253 g/mol. The van der Waals surface area contributed by atoms with Crippen molar-refractivity contribution in [3.63, 3.8) is 0 Å². The molecule has 1 aromatic carbocycles. The zero-order chi connectivity index (χ0) is 13.8. The third-order valence-corrected chi connectivity index (χ3v) is 2.83. The van der Waals surface area contributed by atoms with Gasteiger partial charge in [0, 0.05) is 19.0 Å². The van der Waals surface area contributed by atoms with E-state index >= 15 is 0 Å². The summed E-state index contributed by atoms with van der Waals surface area (Å²) in [5.41, 5.74) is 1.79. The maximum atomic E-state index is 13.6. The highest BCUT2D eigenvalue weighted by atomic mass is 19.3. The topological polar surface area (TPSA) is 12.4 Å². The molecule has 0 heterocycles. The number of benzene rings is 1. The number of rotatable bonds is 6. The first-order chi connectivity index (χ1) is 8.34. The van der Waals surface area contributed by atoms with Crippen LogP contribution in [0.15, 0.2) is 23.2 Å². The van der Waals surface area contributed by atoms with E-state index in [9.17, 15) is 8.78 Å². The zero-order valence-corrected chi connectivity index (χ0v) is 11.3. The van der Waals surface area contributed by atoms with Crippen molar-refractivity contribution in [3.05, 3.63) is 34.9 Å². The molecule has 0 fully saturated rings. The van der Waals surface area contributed by atoms with Gasteiger partial charge in [-0.2, -0.15) is 0 Å². The van der Waals surface area contributed by atoms with Gasteiger partial charge in [0.2, 0.25) is 0 Å². The summed E-state index contributed by atoms with van der Waals surface area (Å²) < 4.78 is 27.3. The Morgan fingerprint density at radius 1 is 1.33 bits per heavy atom. The molecule has 0 aliphatic carbocycles. The fourth-order valence-corrected chi connectivity index (χ4v) is 2.01. The summed E-state index contributed by atoms with van der Waals surface area (Å²) in [5, 5.41) is 0. The van der Waals surface area contributed by atoms with Crippen molar-refractivity contribution in [2.75, 3.05) is 6.54 Å². The molecule has 0 spiro atoms. The number of halogens is 2. The van der Waals surface area contributed by atoms with E-state index in [4.69, 9.17) is 0 Å². The van der Waals surface area contributed by atoms with E-state index in [0.29, 0.717) is 25.3 Å². The lowest BCUT2D eigenvalue weighted by atomic mass is 9.92. The highest BCUT2D eigenvalue weighted by Gasteiger charge is 2.27. The van der Waals surface area contributed by atoms with Crippen LogP contribution in [0.5, 0.6) is 0 Å². The molecule has 0 aromatic heterocycles. The van der Waals surface area contributed by atoms with E-state index in [2.05, 4.69) is 11.7 Å². The SMILES string of the molecule is C=NCCc1ccc(CC(C)C)c(C(C)(F)F)c1.